The average molecular weight is 314 g/mol. The number of benzene rings is 1. The van der Waals surface area contributed by atoms with Crippen LogP contribution in [-0.2, 0) is 13.7 Å². The molecule has 2 aromatic heterocycles. The molecule has 0 aliphatic heterocycles. The molecule has 8 heteroatoms. The monoisotopic (exact) mass is 314 g/mol. The molecule has 0 aliphatic carbocycles. The predicted octanol–water partition coefficient (Wildman–Crippen LogP) is 1.49. The molecule has 1 aromatic carbocycles. The number of aliphatic hydroxyl groups is 1. The lowest BCUT2D eigenvalue weighted by Gasteiger charge is -2.03. The molecule has 2 N–H and O–H groups in total. The first-order valence-electron chi connectivity index (χ1n) is 7.28. The highest BCUT2D eigenvalue weighted by Gasteiger charge is 2.13. The van der Waals surface area contributed by atoms with E-state index in [1.165, 1.54) is 0 Å². The third-order valence-electron chi connectivity index (χ3n) is 3.64. The molecule has 0 saturated carbocycles. The molecule has 0 unspecified atom stereocenters. The Labute approximate surface area is 132 Å². The molecule has 23 heavy (non-hydrogen) atoms. The van der Waals surface area contributed by atoms with Crippen molar-refractivity contribution in [1.29, 1.82) is 0 Å². The molecule has 8 nitrogen and oxygen atoms in total. The van der Waals surface area contributed by atoms with Gasteiger partial charge in [0.2, 0.25) is 5.95 Å². The van der Waals surface area contributed by atoms with Gasteiger partial charge in [-0.3, -0.25) is 10.1 Å². The summed E-state index contributed by atoms with van der Waals surface area (Å²) in [5.74, 6) is 0.514. The van der Waals surface area contributed by atoms with E-state index in [0.717, 1.165) is 5.52 Å². The molecule has 0 aliphatic rings. The van der Waals surface area contributed by atoms with Crippen molar-refractivity contribution in [3.8, 4) is 0 Å². The zero-order valence-electron chi connectivity index (χ0n) is 13.2. The van der Waals surface area contributed by atoms with Gasteiger partial charge in [-0.1, -0.05) is 0 Å². The van der Waals surface area contributed by atoms with Crippen molar-refractivity contribution in [1.82, 2.24) is 24.3 Å². The van der Waals surface area contributed by atoms with Crippen LogP contribution in [0, 0.1) is 0 Å². The van der Waals surface area contributed by atoms with Crippen LogP contribution in [0.3, 0.4) is 0 Å². The zero-order chi connectivity index (χ0) is 16.6. The van der Waals surface area contributed by atoms with E-state index in [-0.39, 0.29) is 24.5 Å². The van der Waals surface area contributed by atoms with E-state index in [4.69, 9.17) is 0 Å². The largest absolute Gasteiger partial charge is 0.388 e. The summed E-state index contributed by atoms with van der Waals surface area (Å²) in [6.45, 7) is 3.81. The summed E-state index contributed by atoms with van der Waals surface area (Å²) in [6.07, 6.45) is 1.58. The summed E-state index contributed by atoms with van der Waals surface area (Å²) < 4.78 is 3.47. The number of aromatic nitrogens is 5. The van der Waals surface area contributed by atoms with Gasteiger partial charge in [-0.2, -0.15) is 0 Å². The van der Waals surface area contributed by atoms with E-state index < -0.39 is 0 Å². The summed E-state index contributed by atoms with van der Waals surface area (Å²) in [7, 11) is 1.82. The second kappa shape index (κ2) is 5.81. The highest BCUT2D eigenvalue weighted by Crippen LogP contribution is 2.17. The molecule has 1 amide bonds. The summed E-state index contributed by atoms with van der Waals surface area (Å²) in [4.78, 5) is 20.7. The number of aliphatic hydroxyl groups excluding tert-OH is 1. The lowest BCUT2D eigenvalue weighted by atomic mass is 10.2. The quantitative estimate of drug-likeness (QED) is 0.760. The van der Waals surface area contributed by atoms with Crippen LogP contribution in [0.1, 0.15) is 36.1 Å². The van der Waals surface area contributed by atoms with Gasteiger partial charge in [0.25, 0.3) is 5.91 Å². The van der Waals surface area contributed by atoms with E-state index in [1.54, 1.807) is 33.8 Å². The number of hydrogen-bond acceptors (Lipinski definition) is 5. The molecule has 3 aromatic rings. The number of amides is 1. The van der Waals surface area contributed by atoms with Crippen LogP contribution in [-0.4, -0.2) is 35.3 Å². The summed E-state index contributed by atoms with van der Waals surface area (Å²) >= 11 is 0. The maximum atomic E-state index is 12.3. The molecule has 3 rings (SSSR count). The van der Waals surface area contributed by atoms with Crippen molar-refractivity contribution in [3.63, 3.8) is 0 Å². The van der Waals surface area contributed by atoms with Crippen LogP contribution in [0.5, 0.6) is 0 Å². The maximum Gasteiger partial charge on any atom is 0.258 e. The fourth-order valence-corrected chi connectivity index (χ4v) is 2.29. The highest BCUT2D eigenvalue weighted by atomic mass is 16.3. The van der Waals surface area contributed by atoms with Gasteiger partial charge >= 0.3 is 0 Å². The Bertz CT molecular complexity index is 864. The first-order valence-corrected chi connectivity index (χ1v) is 7.28. The molecule has 0 saturated heterocycles. The molecule has 0 spiro atoms. The smallest absolute Gasteiger partial charge is 0.258 e. The number of carbonyl (C=O) groups is 1. The fraction of sp³-hybridized carbons (Fsp3) is 0.333. The minimum Gasteiger partial charge on any atom is -0.388 e. The van der Waals surface area contributed by atoms with Crippen LogP contribution in [0.15, 0.2) is 24.5 Å². The number of aryl methyl sites for hydroxylation is 1. The molecular formula is C15H18N6O2. The van der Waals surface area contributed by atoms with Gasteiger partial charge in [0.15, 0.2) is 0 Å². The van der Waals surface area contributed by atoms with Gasteiger partial charge in [0.05, 0.1) is 11.0 Å². The molecule has 0 radical (unpaired) electrons. The molecule has 120 valence electrons. The van der Waals surface area contributed by atoms with Crippen LogP contribution in [0.25, 0.3) is 11.0 Å². The van der Waals surface area contributed by atoms with E-state index in [9.17, 15) is 9.90 Å². The SMILES string of the molecule is CC(C)n1cnc(NC(=O)c2ccc3c(c2)nc(CO)n3C)n1. The third kappa shape index (κ3) is 2.80. The number of fused-ring (bicyclic) bond motifs is 1. The number of nitrogens with zero attached hydrogens (tertiary/aromatic N) is 5. The van der Waals surface area contributed by atoms with Gasteiger partial charge in [0.1, 0.15) is 18.8 Å². The van der Waals surface area contributed by atoms with Crippen molar-refractivity contribution in [3.05, 3.63) is 35.9 Å². The Morgan fingerprint density at radius 3 is 2.83 bits per heavy atom. The number of nitrogens with one attached hydrogen (secondary N) is 1. The first-order chi connectivity index (χ1) is 11.0. The van der Waals surface area contributed by atoms with Crippen LogP contribution in [0.4, 0.5) is 5.95 Å². The van der Waals surface area contributed by atoms with Crippen LogP contribution >= 0.6 is 0 Å². The van der Waals surface area contributed by atoms with Crippen molar-refractivity contribution < 1.29 is 9.90 Å². The predicted molar refractivity (Wildman–Crippen MR) is 85.0 cm³/mol. The van der Waals surface area contributed by atoms with E-state index in [1.807, 2.05) is 20.9 Å². The Morgan fingerprint density at radius 2 is 2.17 bits per heavy atom. The normalized spacial score (nSPS) is 11.3. The fourth-order valence-electron chi connectivity index (χ4n) is 2.29. The van der Waals surface area contributed by atoms with Crippen LogP contribution < -0.4 is 5.32 Å². The van der Waals surface area contributed by atoms with Crippen molar-refractivity contribution in [2.24, 2.45) is 7.05 Å². The topological polar surface area (TPSA) is 97.9 Å². The van der Waals surface area contributed by atoms with Gasteiger partial charge in [-0.05, 0) is 32.0 Å². The molecule has 0 atom stereocenters. The van der Waals surface area contributed by atoms with Gasteiger partial charge in [-0.25, -0.2) is 14.6 Å². The number of rotatable bonds is 4. The van der Waals surface area contributed by atoms with E-state index >= 15 is 0 Å². The lowest BCUT2D eigenvalue weighted by Crippen LogP contribution is -2.13. The average Bonchev–Trinajstić information content (AvgIpc) is 3.12. The van der Waals surface area contributed by atoms with Crippen molar-refractivity contribution in [2.45, 2.75) is 26.5 Å². The van der Waals surface area contributed by atoms with Gasteiger partial charge in [0, 0.05) is 18.7 Å². The zero-order valence-corrected chi connectivity index (χ0v) is 13.2. The molecule has 2 heterocycles. The number of hydrogen-bond donors (Lipinski definition) is 2. The number of anilines is 1. The highest BCUT2D eigenvalue weighted by molar-refractivity contribution is 6.05. The molecular weight excluding hydrogens is 296 g/mol. The minimum atomic E-state index is -0.301. The molecule has 0 fully saturated rings. The van der Waals surface area contributed by atoms with Gasteiger partial charge in [-0.15, -0.1) is 5.10 Å². The molecule has 0 bridgehead atoms. The Hall–Kier alpha value is -2.74. The number of imidazole rings is 1. The van der Waals surface area contributed by atoms with Gasteiger partial charge < -0.3 is 9.67 Å². The summed E-state index contributed by atoms with van der Waals surface area (Å²) in [5, 5.41) is 16.1. The van der Waals surface area contributed by atoms with Crippen molar-refractivity contribution in [2.75, 3.05) is 5.32 Å². The Kier molecular flexibility index (Phi) is 3.83. The van der Waals surface area contributed by atoms with Crippen LogP contribution in [0.2, 0.25) is 0 Å². The lowest BCUT2D eigenvalue weighted by molar-refractivity contribution is 0.102. The minimum absolute atomic E-state index is 0.150. The second-order valence-corrected chi connectivity index (χ2v) is 5.54. The van der Waals surface area contributed by atoms with E-state index in [2.05, 4.69) is 20.4 Å². The number of carbonyl (C=O) groups excluding carboxylic acids is 1. The second-order valence-electron chi connectivity index (χ2n) is 5.54. The summed E-state index contributed by atoms with van der Waals surface area (Å²) in [6, 6.07) is 5.37. The Balaban J connectivity index is 1.85. The summed E-state index contributed by atoms with van der Waals surface area (Å²) in [5.41, 5.74) is 1.97. The Morgan fingerprint density at radius 1 is 1.39 bits per heavy atom. The van der Waals surface area contributed by atoms with E-state index in [0.29, 0.717) is 16.9 Å². The third-order valence-corrected chi connectivity index (χ3v) is 3.64. The standard InChI is InChI=1S/C15H18N6O2/c1-9(2)21-8-16-15(19-21)18-14(23)10-4-5-12-11(6-10)17-13(7-22)20(12)3/h4-6,8-9,22H,7H2,1-3H3,(H,18,19,23). The van der Waals surface area contributed by atoms with Crippen molar-refractivity contribution >= 4 is 22.9 Å². The maximum absolute atomic E-state index is 12.3. The first kappa shape index (κ1) is 15.2.